The lowest BCUT2D eigenvalue weighted by molar-refractivity contribution is -0.136. The van der Waals surface area contributed by atoms with Gasteiger partial charge in [-0.1, -0.05) is 30.3 Å². The van der Waals surface area contributed by atoms with Gasteiger partial charge in [0.25, 0.3) is 0 Å². The number of H-pyrrole nitrogens is 1. The zero-order valence-corrected chi connectivity index (χ0v) is 8.68. The van der Waals surface area contributed by atoms with Crippen LogP contribution in [0.1, 0.15) is 12.1 Å². The fraction of sp³-hybridized carbons (Fsp3) is 0.167. The predicted molar refractivity (Wildman–Crippen MR) is 60.0 cm³/mol. The third kappa shape index (κ3) is 2.28. The van der Waals surface area contributed by atoms with E-state index < -0.39 is 5.97 Å². The van der Waals surface area contributed by atoms with Gasteiger partial charge in [-0.05, 0) is 0 Å². The number of aliphatic carboxylic acids is 1. The second kappa shape index (κ2) is 4.61. The van der Waals surface area contributed by atoms with Crippen molar-refractivity contribution in [3.63, 3.8) is 0 Å². The molecule has 2 rings (SSSR count). The number of carboxylic acids is 1. The highest BCUT2D eigenvalue weighted by Crippen LogP contribution is 2.20. The molecule has 0 atom stereocenters. The Bertz CT molecular complexity index is 477. The lowest BCUT2D eigenvalue weighted by atomic mass is 10.1. The molecule has 0 saturated carbocycles. The van der Waals surface area contributed by atoms with Crippen LogP contribution in [-0.4, -0.2) is 21.0 Å². The van der Waals surface area contributed by atoms with Crippen LogP contribution in [0.4, 0.5) is 0 Å². The summed E-state index contributed by atoms with van der Waals surface area (Å²) in [5.41, 5.74) is 2.71. The van der Waals surface area contributed by atoms with Gasteiger partial charge in [-0.2, -0.15) is 0 Å². The molecule has 2 N–H and O–H groups in total. The van der Waals surface area contributed by atoms with E-state index in [0.29, 0.717) is 6.42 Å². The van der Waals surface area contributed by atoms with E-state index >= 15 is 0 Å². The number of carbonyl (C=O) groups is 1. The molecule has 0 fully saturated rings. The summed E-state index contributed by atoms with van der Waals surface area (Å²) in [5, 5.41) is 8.64. The molecule has 0 saturated heterocycles. The molecule has 0 unspecified atom stereocenters. The number of aryl methyl sites for hydroxylation is 1. The molecule has 16 heavy (non-hydrogen) atoms. The van der Waals surface area contributed by atoms with Crippen LogP contribution >= 0.6 is 0 Å². The number of hydrogen-bond donors (Lipinski definition) is 2. The average Bonchev–Trinajstić information content (AvgIpc) is 2.75. The van der Waals surface area contributed by atoms with Crippen LogP contribution in [0.3, 0.4) is 0 Å². The van der Waals surface area contributed by atoms with Crippen molar-refractivity contribution in [3.05, 3.63) is 42.4 Å². The van der Waals surface area contributed by atoms with E-state index in [0.717, 1.165) is 17.0 Å². The molecule has 2 aromatic rings. The summed E-state index contributed by atoms with van der Waals surface area (Å²) in [5.74, 6) is -0.798. The smallest absolute Gasteiger partial charge is 0.303 e. The van der Waals surface area contributed by atoms with Crippen molar-refractivity contribution in [2.24, 2.45) is 0 Å². The Kier molecular flexibility index (Phi) is 3.00. The van der Waals surface area contributed by atoms with Gasteiger partial charge in [0.2, 0.25) is 0 Å². The maximum Gasteiger partial charge on any atom is 0.303 e. The minimum absolute atomic E-state index is 0.113. The van der Waals surface area contributed by atoms with E-state index in [1.54, 1.807) is 6.33 Å². The maximum atomic E-state index is 10.5. The molecule has 1 aromatic heterocycles. The first-order valence-electron chi connectivity index (χ1n) is 5.07. The van der Waals surface area contributed by atoms with E-state index in [2.05, 4.69) is 9.97 Å². The van der Waals surface area contributed by atoms with Gasteiger partial charge in [0.05, 0.1) is 18.4 Å². The molecule has 4 heteroatoms. The van der Waals surface area contributed by atoms with Crippen LogP contribution in [0.15, 0.2) is 36.7 Å². The van der Waals surface area contributed by atoms with Crippen molar-refractivity contribution >= 4 is 5.97 Å². The topological polar surface area (TPSA) is 66.0 Å². The monoisotopic (exact) mass is 216 g/mol. The van der Waals surface area contributed by atoms with E-state index in [1.807, 2.05) is 30.3 Å². The summed E-state index contributed by atoms with van der Waals surface area (Å²) < 4.78 is 0. The SMILES string of the molecule is O=C(O)CCc1[nH]cnc1-c1ccccc1. The summed E-state index contributed by atoms with van der Waals surface area (Å²) in [6, 6.07) is 9.73. The van der Waals surface area contributed by atoms with Gasteiger partial charge in [-0.25, -0.2) is 4.98 Å². The molecule has 1 aromatic carbocycles. The van der Waals surface area contributed by atoms with E-state index in [9.17, 15) is 4.79 Å². The number of aromatic nitrogens is 2. The Labute approximate surface area is 93.0 Å². The van der Waals surface area contributed by atoms with Gasteiger partial charge in [0.1, 0.15) is 0 Å². The number of benzene rings is 1. The van der Waals surface area contributed by atoms with Crippen molar-refractivity contribution in [2.45, 2.75) is 12.8 Å². The van der Waals surface area contributed by atoms with Gasteiger partial charge >= 0.3 is 5.97 Å². The molecule has 4 nitrogen and oxygen atoms in total. The molecule has 82 valence electrons. The number of nitrogens with one attached hydrogen (secondary N) is 1. The van der Waals surface area contributed by atoms with Crippen LogP contribution in [0.25, 0.3) is 11.3 Å². The lowest BCUT2D eigenvalue weighted by Crippen LogP contribution is -1.98. The maximum absolute atomic E-state index is 10.5. The second-order valence-corrected chi connectivity index (χ2v) is 3.49. The first kappa shape index (κ1) is 10.4. The van der Waals surface area contributed by atoms with Crippen LogP contribution < -0.4 is 0 Å². The summed E-state index contributed by atoms with van der Waals surface area (Å²) in [7, 11) is 0. The number of carboxylic acid groups (broad SMARTS) is 1. The number of aromatic amines is 1. The molecule has 0 amide bonds. The molecule has 0 aliphatic carbocycles. The average molecular weight is 216 g/mol. The fourth-order valence-electron chi connectivity index (χ4n) is 1.59. The van der Waals surface area contributed by atoms with E-state index in [1.165, 1.54) is 0 Å². The molecule has 0 aliphatic rings. The van der Waals surface area contributed by atoms with Crippen LogP contribution in [0.2, 0.25) is 0 Å². The number of rotatable bonds is 4. The standard InChI is InChI=1S/C12H12N2O2/c15-11(16)7-6-10-12(14-8-13-10)9-4-2-1-3-5-9/h1-5,8H,6-7H2,(H,13,14)(H,15,16). The van der Waals surface area contributed by atoms with E-state index in [-0.39, 0.29) is 6.42 Å². The lowest BCUT2D eigenvalue weighted by Gasteiger charge is -2.00. The minimum Gasteiger partial charge on any atom is -0.481 e. The van der Waals surface area contributed by atoms with Gasteiger partial charge in [0, 0.05) is 17.7 Å². The largest absolute Gasteiger partial charge is 0.481 e. The van der Waals surface area contributed by atoms with Gasteiger partial charge in [0.15, 0.2) is 0 Å². The van der Waals surface area contributed by atoms with E-state index in [4.69, 9.17) is 5.11 Å². The Morgan fingerprint density at radius 3 is 2.75 bits per heavy atom. The first-order chi connectivity index (χ1) is 7.77. The Morgan fingerprint density at radius 1 is 1.31 bits per heavy atom. The molecule has 0 bridgehead atoms. The molecule has 0 radical (unpaired) electrons. The number of nitrogens with zero attached hydrogens (tertiary/aromatic N) is 1. The van der Waals surface area contributed by atoms with Crippen LogP contribution in [0, 0.1) is 0 Å². The highest BCUT2D eigenvalue weighted by Gasteiger charge is 2.09. The molecule has 0 spiro atoms. The van der Waals surface area contributed by atoms with Crippen molar-refractivity contribution in [2.75, 3.05) is 0 Å². The molecule has 0 aliphatic heterocycles. The summed E-state index contributed by atoms with van der Waals surface area (Å²) in [6.07, 6.45) is 2.18. The number of hydrogen-bond acceptors (Lipinski definition) is 2. The van der Waals surface area contributed by atoms with Crippen molar-refractivity contribution in [1.82, 2.24) is 9.97 Å². The van der Waals surface area contributed by atoms with Crippen LogP contribution in [-0.2, 0) is 11.2 Å². The van der Waals surface area contributed by atoms with Gasteiger partial charge in [-0.3, -0.25) is 4.79 Å². The van der Waals surface area contributed by atoms with Gasteiger partial charge in [-0.15, -0.1) is 0 Å². The quantitative estimate of drug-likeness (QED) is 0.822. The predicted octanol–water partition coefficient (Wildman–Crippen LogP) is 2.09. The van der Waals surface area contributed by atoms with Crippen molar-refractivity contribution in [3.8, 4) is 11.3 Å². The third-order valence-corrected chi connectivity index (χ3v) is 2.35. The fourth-order valence-corrected chi connectivity index (χ4v) is 1.59. The minimum atomic E-state index is -0.798. The Balaban J connectivity index is 2.23. The Hall–Kier alpha value is -2.10. The third-order valence-electron chi connectivity index (χ3n) is 2.35. The summed E-state index contributed by atoms with van der Waals surface area (Å²) >= 11 is 0. The number of imidazole rings is 1. The molecule has 1 heterocycles. The summed E-state index contributed by atoms with van der Waals surface area (Å²) in [4.78, 5) is 17.7. The van der Waals surface area contributed by atoms with Crippen molar-refractivity contribution < 1.29 is 9.90 Å². The highest BCUT2D eigenvalue weighted by atomic mass is 16.4. The zero-order valence-electron chi connectivity index (χ0n) is 8.68. The zero-order chi connectivity index (χ0) is 11.4. The second-order valence-electron chi connectivity index (χ2n) is 3.49. The summed E-state index contributed by atoms with van der Waals surface area (Å²) in [6.45, 7) is 0. The van der Waals surface area contributed by atoms with Gasteiger partial charge < -0.3 is 10.1 Å². The molecular formula is C12H12N2O2. The van der Waals surface area contributed by atoms with Crippen LogP contribution in [0.5, 0.6) is 0 Å². The molecular weight excluding hydrogens is 204 g/mol. The normalized spacial score (nSPS) is 10.2. The highest BCUT2D eigenvalue weighted by molar-refractivity contribution is 5.68. The first-order valence-corrected chi connectivity index (χ1v) is 5.07. The van der Waals surface area contributed by atoms with Crippen molar-refractivity contribution in [1.29, 1.82) is 0 Å². The Morgan fingerprint density at radius 2 is 2.06 bits per heavy atom.